The maximum atomic E-state index is 11.7. The standard InChI is InChI=1S/C23H28O6/c1-26-22(25)13-19-12-20(27-15-17-8-4-2-5-9-17)23(21(14-24)29-19)28-16-18-10-6-3-7-11-18/h2-11,19-21,23-24H,12-16H2,1H3/t19-,20+,21+,23-/m1/s1. The summed E-state index contributed by atoms with van der Waals surface area (Å²) in [6, 6.07) is 19.7. The third kappa shape index (κ3) is 6.37. The molecule has 0 radical (unpaired) electrons. The molecule has 2 aromatic carbocycles. The van der Waals surface area contributed by atoms with Crippen LogP contribution in [0.2, 0.25) is 0 Å². The Morgan fingerprint density at radius 2 is 1.59 bits per heavy atom. The van der Waals surface area contributed by atoms with Crippen molar-refractivity contribution in [1.82, 2.24) is 0 Å². The van der Waals surface area contributed by atoms with E-state index in [1.54, 1.807) is 0 Å². The van der Waals surface area contributed by atoms with Crippen molar-refractivity contribution in [3.8, 4) is 0 Å². The Hall–Kier alpha value is -2.25. The highest BCUT2D eigenvalue weighted by molar-refractivity contribution is 5.69. The Morgan fingerprint density at radius 3 is 2.14 bits per heavy atom. The Kier molecular flexibility index (Phi) is 8.19. The summed E-state index contributed by atoms with van der Waals surface area (Å²) < 4.78 is 23.0. The van der Waals surface area contributed by atoms with Gasteiger partial charge in [0.2, 0.25) is 0 Å². The summed E-state index contributed by atoms with van der Waals surface area (Å²) >= 11 is 0. The van der Waals surface area contributed by atoms with Crippen LogP contribution in [0.3, 0.4) is 0 Å². The number of benzene rings is 2. The van der Waals surface area contributed by atoms with E-state index in [2.05, 4.69) is 0 Å². The maximum Gasteiger partial charge on any atom is 0.308 e. The van der Waals surface area contributed by atoms with Crippen LogP contribution >= 0.6 is 0 Å². The molecule has 1 fully saturated rings. The Balaban J connectivity index is 1.70. The Morgan fingerprint density at radius 1 is 1.00 bits per heavy atom. The van der Waals surface area contributed by atoms with E-state index in [1.165, 1.54) is 7.11 Å². The lowest BCUT2D eigenvalue weighted by Gasteiger charge is -2.40. The quantitative estimate of drug-likeness (QED) is 0.653. The largest absolute Gasteiger partial charge is 0.469 e. The van der Waals surface area contributed by atoms with Crippen molar-refractivity contribution >= 4 is 5.97 Å². The minimum Gasteiger partial charge on any atom is -0.469 e. The fourth-order valence-electron chi connectivity index (χ4n) is 3.48. The van der Waals surface area contributed by atoms with Crippen LogP contribution in [0.1, 0.15) is 24.0 Å². The minimum absolute atomic E-state index is 0.115. The summed E-state index contributed by atoms with van der Waals surface area (Å²) in [5, 5.41) is 9.89. The summed E-state index contributed by atoms with van der Waals surface area (Å²) in [5.41, 5.74) is 2.08. The van der Waals surface area contributed by atoms with E-state index in [0.717, 1.165) is 11.1 Å². The monoisotopic (exact) mass is 400 g/mol. The van der Waals surface area contributed by atoms with Gasteiger partial charge in [0.15, 0.2) is 0 Å². The highest BCUT2D eigenvalue weighted by Gasteiger charge is 2.40. The molecule has 1 N–H and O–H groups in total. The van der Waals surface area contributed by atoms with Crippen molar-refractivity contribution in [2.75, 3.05) is 13.7 Å². The molecule has 156 valence electrons. The number of carbonyl (C=O) groups excluding carboxylic acids is 1. The van der Waals surface area contributed by atoms with Crippen LogP contribution in [-0.4, -0.2) is 49.2 Å². The van der Waals surface area contributed by atoms with E-state index in [0.29, 0.717) is 19.6 Å². The smallest absolute Gasteiger partial charge is 0.308 e. The van der Waals surface area contributed by atoms with Gasteiger partial charge in [0.05, 0.1) is 45.6 Å². The molecule has 0 saturated carbocycles. The van der Waals surface area contributed by atoms with Crippen molar-refractivity contribution < 1.29 is 28.8 Å². The second kappa shape index (κ2) is 11.1. The van der Waals surface area contributed by atoms with Crippen molar-refractivity contribution in [3.63, 3.8) is 0 Å². The van der Waals surface area contributed by atoms with Crippen LogP contribution in [0.25, 0.3) is 0 Å². The first-order valence-corrected chi connectivity index (χ1v) is 9.83. The molecule has 0 aliphatic carbocycles. The predicted molar refractivity (Wildman–Crippen MR) is 107 cm³/mol. The van der Waals surface area contributed by atoms with Crippen molar-refractivity contribution in [1.29, 1.82) is 0 Å². The van der Waals surface area contributed by atoms with Gasteiger partial charge in [-0.3, -0.25) is 4.79 Å². The lowest BCUT2D eigenvalue weighted by Crippen LogP contribution is -2.52. The molecule has 2 aromatic rings. The number of rotatable bonds is 9. The van der Waals surface area contributed by atoms with Gasteiger partial charge in [-0.25, -0.2) is 0 Å². The molecule has 1 aliphatic heterocycles. The molecule has 3 rings (SSSR count). The summed E-state index contributed by atoms with van der Waals surface area (Å²) in [5.74, 6) is -0.350. The number of hydrogen-bond donors (Lipinski definition) is 1. The summed E-state index contributed by atoms with van der Waals surface area (Å²) in [6.45, 7) is 0.584. The van der Waals surface area contributed by atoms with Gasteiger partial charge in [-0.05, 0) is 11.1 Å². The second-order valence-corrected chi connectivity index (χ2v) is 7.09. The van der Waals surface area contributed by atoms with Crippen LogP contribution in [0, 0.1) is 0 Å². The highest BCUT2D eigenvalue weighted by atomic mass is 16.6. The van der Waals surface area contributed by atoms with Gasteiger partial charge in [-0.2, -0.15) is 0 Å². The average Bonchev–Trinajstić information content (AvgIpc) is 2.77. The molecule has 6 nitrogen and oxygen atoms in total. The molecule has 0 bridgehead atoms. The molecule has 29 heavy (non-hydrogen) atoms. The van der Waals surface area contributed by atoms with Crippen LogP contribution in [-0.2, 0) is 37.0 Å². The number of carbonyl (C=O) groups is 1. The van der Waals surface area contributed by atoms with Crippen molar-refractivity contribution in [2.45, 2.75) is 50.5 Å². The number of hydrogen-bond acceptors (Lipinski definition) is 6. The average molecular weight is 400 g/mol. The number of methoxy groups -OCH3 is 1. The zero-order valence-corrected chi connectivity index (χ0v) is 16.6. The van der Waals surface area contributed by atoms with Crippen LogP contribution < -0.4 is 0 Å². The van der Waals surface area contributed by atoms with Gasteiger partial charge in [0.25, 0.3) is 0 Å². The van der Waals surface area contributed by atoms with Gasteiger partial charge >= 0.3 is 5.97 Å². The van der Waals surface area contributed by atoms with E-state index in [4.69, 9.17) is 18.9 Å². The molecule has 0 unspecified atom stereocenters. The topological polar surface area (TPSA) is 74.2 Å². The number of ether oxygens (including phenoxy) is 4. The lowest BCUT2D eigenvalue weighted by molar-refractivity contribution is -0.218. The third-order valence-corrected chi connectivity index (χ3v) is 4.99. The fourth-order valence-corrected chi connectivity index (χ4v) is 3.48. The molecule has 1 heterocycles. The zero-order valence-electron chi connectivity index (χ0n) is 16.6. The van der Waals surface area contributed by atoms with Crippen LogP contribution in [0.5, 0.6) is 0 Å². The predicted octanol–water partition coefficient (Wildman–Crippen LogP) is 2.87. The molecule has 1 saturated heterocycles. The van der Waals surface area contributed by atoms with E-state index in [9.17, 15) is 9.90 Å². The minimum atomic E-state index is -0.581. The van der Waals surface area contributed by atoms with Gasteiger partial charge < -0.3 is 24.1 Å². The molecule has 0 aromatic heterocycles. The second-order valence-electron chi connectivity index (χ2n) is 7.09. The molecule has 0 spiro atoms. The lowest BCUT2D eigenvalue weighted by atomic mass is 9.95. The van der Waals surface area contributed by atoms with E-state index in [-0.39, 0.29) is 25.1 Å². The molecule has 4 atom stereocenters. The van der Waals surface area contributed by atoms with Crippen molar-refractivity contribution in [2.24, 2.45) is 0 Å². The number of aliphatic hydroxyl groups excluding tert-OH is 1. The summed E-state index contributed by atoms with van der Waals surface area (Å²) in [7, 11) is 1.35. The molecule has 1 aliphatic rings. The van der Waals surface area contributed by atoms with E-state index < -0.39 is 18.3 Å². The summed E-state index contributed by atoms with van der Waals surface area (Å²) in [6.07, 6.45) is -1.14. The first-order valence-electron chi connectivity index (χ1n) is 9.83. The Labute approximate surface area is 171 Å². The van der Waals surface area contributed by atoms with Gasteiger partial charge in [0, 0.05) is 6.42 Å². The van der Waals surface area contributed by atoms with Gasteiger partial charge in [0.1, 0.15) is 12.2 Å². The Bertz CT molecular complexity index is 736. The highest BCUT2D eigenvalue weighted by Crippen LogP contribution is 2.28. The maximum absolute atomic E-state index is 11.7. The van der Waals surface area contributed by atoms with Gasteiger partial charge in [-0.15, -0.1) is 0 Å². The molecule has 6 heteroatoms. The third-order valence-electron chi connectivity index (χ3n) is 4.99. The zero-order chi connectivity index (χ0) is 20.5. The number of esters is 1. The van der Waals surface area contributed by atoms with E-state index >= 15 is 0 Å². The SMILES string of the molecule is COC(=O)C[C@H]1C[C@H](OCc2ccccc2)[C@@H](OCc2ccccc2)[C@H](CO)O1. The summed E-state index contributed by atoms with van der Waals surface area (Å²) in [4.78, 5) is 11.7. The van der Waals surface area contributed by atoms with Gasteiger partial charge in [-0.1, -0.05) is 60.7 Å². The first-order chi connectivity index (χ1) is 14.2. The molecular weight excluding hydrogens is 372 g/mol. The van der Waals surface area contributed by atoms with Crippen LogP contribution in [0.4, 0.5) is 0 Å². The molecule has 0 amide bonds. The van der Waals surface area contributed by atoms with E-state index in [1.807, 2.05) is 60.7 Å². The molecular formula is C23H28O6. The first kappa shape index (κ1) is 21.5. The normalized spacial score (nSPS) is 24.2. The van der Waals surface area contributed by atoms with Crippen LogP contribution in [0.15, 0.2) is 60.7 Å². The number of aliphatic hydroxyl groups is 1. The fraction of sp³-hybridized carbons (Fsp3) is 0.435. The van der Waals surface area contributed by atoms with Crippen molar-refractivity contribution in [3.05, 3.63) is 71.8 Å².